The summed E-state index contributed by atoms with van der Waals surface area (Å²) in [5.41, 5.74) is 2.59. The number of hydrogen-bond acceptors (Lipinski definition) is 3. The van der Waals surface area contributed by atoms with E-state index in [2.05, 4.69) is 34.7 Å². The van der Waals surface area contributed by atoms with Gasteiger partial charge in [-0.05, 0) is 39.9 Å². The summed E-state index contributed by atoms with van der Waals surface area (Å²) in [5.74, 6) is 6.07. The first-order valence-electron chi connectivity index (χ1n) is 5.14. The lowest BCUT2D eigenvalue weighted by atomic mass is 10.4. The van der Waals surface area contributed by atoms with Crippen molar-refractivity contribution in [3.63, 3.8) is 0 Å². The van der Waals surface area contributed by atoms with Gasteiger partial charge in [-0.3, -0.25) is 10.4 Å². The molecule has 0 aromatic heterocycles. The molecular formula is C9H21N5. The summed E-state index contributed by atoms with van der Waals surface area (Å²) in [7, 11) is 4.13. The van der Waals surface area contributed by atoms with E-state index in [9.17, 15) is 0 Å². The highest BCUT2D eigenvalue weighted by atomic mass is 15.3. The zero-order valence-electron chi connectivity index (χ0n) is 9.08. The molecule has 1 aliphatic carbocycles. The van der Waals surface area contributed by atoms with Gasteiger partial charge in [0.05, 0.1) is 0 Å². The van der Waals surface area contributed by atoms with Crippen molar-refractivity contribution in [1.29, 1.82) is 0 Å². The van der Waals surface area contributed by atoms with Crippen LogP contribution in [0.15, 0.2) is 4.99 Å². The van der Waals surface area contributed by atoms with E-state index in [4.69, 9.17) is 5.84 Å². The average Bonchev–Trinajstić information content (AvgIpc) is 2.93. The van der Waals surface area contributed by atoms with E-state index in [0.29, 0.717) is 6.04 Å². The molecule has 1 fully saturated rings. The predicted octanol–water partition coefficient (Wildman–Crippen LogP) is -0.491. The van der Waals surface area contributed by atoms with E-state index in [1.54, 1.807) is 0 Å². The summed E-state index contributed by atoms with van der Waals surface area (Å²) in [6.45, 7) is 1.88. The molecule has 0 spiro atoms. The van der Waals surface area contributed by atoms with Crippen molar-refractivity contribution in [2.75, 3.05) is 27.2 Å². The number of hydrazine groups is 1. The number of rotatable bonds is 5. The lowest BCUT2D eigenvalue weighted by Crippen LogP contribution is -2.42. The van der Waals surface area contributed by atoms with Gasteiger partial charge in [0.15, 0.2) is 0 Å². The molecule has 0 atom stereocenters. The maximum atomic E-state index is 5.34. The molecule has 0 aromatic rings. The Balaban J connectivity index is 2.11. The highest BCUT2D eigenvalue weighted by Crippen LogP contribution is 2.18. The molecule has 5 heteroatoms. The maximum absolute atomic E-state index is 5.34. The summed E-state index contributed by atoms with van der Waals surface area (Å²) in [6.07, 6.45) is 3.53. The van der Waals surface area contributed by atoms with Crippen LogP contribution in [-0.4, -0.2) is 44.1 Å². The normalized spacial score (nSPS) is 17.3. The molecule has 0 saturated heterocycles. The molecule has 14 heavy (non-hydrogen) atoms. The summed E-state index contributed by atoms with van der Waals surface area (Å²) in [6, 6.07) is 0.596. The molecule has 0 heterocycles. The second kappa shape index (κ2) is 5.82. The molecule has 82 valence electrons. The maximum Gasteiger partial charge on any atom is 0.205 e. The SMILES string of the molecule is CN(C)CCCN=C(NN)NC1CC1. The number of nitrogens with two attached hydrogens (primary N) is 1. The number of guanidine groups is 1. The highest BCUT2D eigenvalue weighted by Gasteiger charge is 2.21. The molecule has 1 aliphatic rings. The molecule has 0 radical (unpaired) electrons. The van der Waals surface area contributed by atoms with E-state index in [-0.39, 0.29) is 0 Å². The molecule has 5 nitrogen and oxygen atoms in total. The Kier molecular flexibility index (Phi) is 4.69. The van der Waals surface area contributed by atoms with Crippen LogP contribution in [0, 0.1) is 0 Å². The summed E-state index contributed by atoms with van der Waals surface area (Å²) < 4.78 is 0. The zero-order valence-corrected chi connectivity index (χ0v) is 9.08. The third-order valence-corrected chi connectivity index (χ3v) is 2.09. The average molecular weight is 199 g/mol. The Morgan fingerprint density at radius 2 is 2.21 bits per heavy atom. The largest absolute Gasteiger partial charge is 0.353 e. The highest BCUT2D eigenvalue weighted by molar-refractivity contribution is 5.79. The predicted molar refractivity (Wildman–Crippen MR) is 59.0 cm³/mol. The summed E-state index contributed by atoms with van der Waals surface area (Å²) >= 11 is 0. The topological polar surface area (TPSA) is 65.7 Å². The molecule has 0 amide bonds. The van der Waals surface area contributed by atoms with Crippen LogP contribution >= 0.6 is 0 Å². The van der Waals surface area contributed by atoms with Crippen molar-refractivity contribution < 1.29 is 0 Å². The Labute approximate surface area is 85.7 Å². The van der Waals surface area contributed by atoms with Gasteiger partial charge in [0.1, 0.15) is 0 Å². The smallest absolute Gasteiger partial charge is 0.205 e. The molecule has 0 unspecified atom stereocenters. The van der Waals surface area contributed by atoms with Crippen LogP contribution in [0.5, 0.6) is 0 Å². The lowest BCUT2D eigenvalue weighted by molar-refractivity contribution is 0.403. The van der Waals surface area contributed by atoms with Gasteiger partial charge < -0.3 is 10.2 Å². The summed E-state index contributed by atoms with van der Waals surface area (Å²) in [5, 5.41) is 3.23. The van der Waals surface area contributed by atoms with Gasteiger partial charge in [0.25, 0.3) is 0 Å². The van der Waals surface area contributed by atoms with Gasteiger partial charge in [-0.15, -0.1) is 0 Å². The van der Waals surface area contributed by atoms with Crippen molar-refractivity contribution >= 4 is 5.96 Å². The van der Waals surface area contributed by atoms with Gasteiger partial charge in [-0.2, -0.15) is 0 Å². The van der Waals surface area contributed by atoms with Gasteiger partial charge >= 0.3 is 0 Å². The van der Waals surface area contributed by atoms with Crippen molar-refractivity contribution in [2.24, 2.45) is 10.8 Å². The number of nitrogens with zero attached hydrogens (tertiary/aromatic N) is 2. The minimum atomic E-state index is 0.596. The number of nitrogens with one attached hydrogen (secondary N) is 2. The van der Waals surface area contributed by atoms with Crippen LogP contribution in [0.25, 0.3) is 0 Å². The first kappa shape index (κ1) is 11.3. The quantitative estimate of drug-likeness (QED) is 0.184. The van der Waals surface area contributed by atoms with Crippen LogP contribution in [0.3, 0.4) is 0 Å². The van der Waals surface area contributed by atoms with Crippen LogP contribution in [0.4, 0.5) is 0 Å². The Hall–Kier alpha value is -0.810. The van der Waals surface area contributed by atoms with Crippen molar-refractivity contribution in [2.45, 2.75) is 25.3 Å². The number of aliphatic imine (C=N–C) groups is 1. The standard InChI is InChI=1S/C9H21N5/c1-14(2)7-3-6-11-9(13-10)12-8-4-5-8/h8H,3-7,10H2,1-2H3,(H2,11,12,13). The van der Waals surface area contributed by atoms with E-state index in [0.717, 1.165) is 25.5 Å². The first-order chi connectivity index (χ1) is 6.72. The van der Waals surface area contributed by atoms with E-state index in [1.165, 1.54) is 12.8 Å². The molecule has 0 bridgehead atoms. The van der Waals surface area contributed by atoms with Crippen molar-refractivity contribution in [3.8, 4) is 0 Å². The second-order valence-corrected chi connectivity index (χ2v) is 3.95. The molecule has 0 aliphatic heterocycles. The van der Waals surface area contributed by atoms with E-state index >= 15 is 0 Å². The van der Waals surface area contributed by atoms with Crippen LogP contribution < -0.4 is 16.6 Å². The number of hydrogen-bond donors (Lipinski definition) is 3. The fourth-order valence-corrected chi connectivity index (χ4v) is 1.13. The lowest BCUT2D eigenvalue weighted by Gasteiger charge is -2.09. The van der Waals surface area contributed by atoms with E-state index in [1.807, 2.05) is 0 Å². The van der Waals surface area contributed by atoms with Gasteiger partial charge in [0, 0.05) is 12.6 Å². The van der Waals surface area contributed by atoms with Crippen LogP contribution in [0.2, 0.25) is 0 Å². The zero-order chi connectivity index (χ0) is 10.4. The monoisotopic (exact) mass is 199 g/mol. The molecule has 1 saturated carbocycles. The van der Waals surface area contributed by atoms with E-state index < -0.39 is 0 Å². The third kappa shape index (κ3) is 5.04. The Morgan fingerprint density at radius 3 is 2.71 bits per heavy atom. The van der Waals surface area contributed by atoms with Crippen molar-refractivity contribution in [1.82, 2.24) is 15.6 Å². The summed E-state index contributed by atoms with van der Waals surface area (Å²) in [4.78, 5) is 6.49. The van der Waals surface area contributed by atoms with Gasteiger partial charge in [-0.1, -0.05) is 0 Å². The minimum absolute atomic E-state index is 0.596. The molecule has 4 N–H and O–H groups in total. The second-order valence-electron chi connectivity index (χ2n) is 3.95. The first-order valence-corrected chi connectivity index (χ1v) is 5.14. The Morgan fingerprint density at radius 1 is 1.50 bits per heavy atom. The minimum Gasteiger partial charge on any atom is -0.353 e. The van der Waals surface area contributed by atoms with Crippen molar-refractivity contribution in [3.05, 3.63) is 0 Å². The fraction of sp³-hybridized carbons (Fsp3) is 0.889. The van der Waals surface area contributed by atoms with Crippen LogP contribution in [-0.2, 0) is 0 Å². The molecule has 1 rings (SSSR count). The van der Waals surface area contributed by atoms with Crippen LogP contribution in [0.1, 0.15) is 19.3 Å². The third-order valence-electron chi connectivity index (χ3n) is 2.09. The molecular weight excluding hydrogens is 178 g/mol. The Bertz CT molecular complexity index is 186. The fourth-order valence-electron chi connectivity index (χ4n) is 1.13. The van der Waals surface area contributed by atoms with Gasteiger partial charge in [-0.25, -0.2) is 5.84 Å². The van der Waals surface area contributed by atoms with Gasteiger partial charge in [0.2, 0.25) is 5.96 Å². The molecule has 0 aromatic carbocycles.